The van der Waals surface area contributed by atoms with Gasteiger partial charge in [0.2, 0.25) is 0 Å². The summed E-state index contributed by atoms with van der Waals surface area (Å²) in [4.78, 5) is 21.8. The van der Waals surface area contributed by atoms with E-state index < -0.39 is 5.60 Å². The van der Waals surface area contributed by atoms with Crippen molar-refractivity contribution in [3.8, 4) is 0 Å². The van der Waals surface area contributed by atoms with Crippen molar-refractivity contribution in [2.75, 3.05) is 6.61 Å². The minimum absolute atomic E-state index is 0.133. The maximum absolute atomic E-state index is 11.0. The van der Waals surface area contributed by atoms with Crippen LogP contribution in [-0.4, -0.2) is 24.1 Å². The molecule has 0 aliphatic heterocycles. The van der Waals surface area contributed by atoms with Gasteiger partial charge in [-0.2, -0.15) is 0 Å². The Kier molecular flexibility index (Phi) is 7.59. The molecular weight excluding hydrogens is 220 g/mol. The maximum atomic E-state index is 11.0. The van der Waals surface area contributed by atoms with E-state index in [4.69, 9.17) is 9.47 Å². The minimum atomic E-state index is -0.689. The van der Waals surface area contributed by atoms with Crippen LogP contribution in [0.4, 0.5) is 0 Å². The molecule has 0 amide bonds. The van der Waals surface area contributed by atoms with Crippen molar-refractivity contribution in [3.63, 3.8) is 0 Å². The number of ether oxygens (including phenoxy) is 2. The summed E-state index contributed by atoms with van der Waals surface area (Å²) in [5.41, 5.74) is -0.689. The molecule has 0 heterocycles. The van der Waals surface area contributed by atoms with E-state index in [1.807, 2.05) is 6.92 Å². The molecule has 0 saturated heterocycles. The topological polar surface area (TPSA) is 52.6 Å². The van der Waals surface area contributed by atoms with Crippen molar-refractivity contribution in [1.29, 1.82) is 0 Å². The summed E-state index contributed by atoms with van der Waals surface area (Å²) in [7, 11) is 0. The lowest BCUT2D eigenvalue weighted by molar-refractivity contribution is -0.168. The van der Waals surface area contributed by atoms with Gasteiger partial charge in [0.15, 0.2) is 0 Å². The van der Waals surface area contributed by atoms with Crippen LogP contribution in [-0.2, 0) is 19.1 Å². The largest absolute Gasteiger partial charge is 0.462 e. The van der Waals surface area contributed by atoms with Gasteiger partial charge in [-0.05, 0) is 19.8 Å². The van der Waals surface area contributed by atoms with Crippen molar-refractivity contribution in [3.05, 3.63) is 0 Å². The third-order valence-electron chi connectivity index (χ3n) is 2.53. The zero-order chi connectivity index (χ0) is 13.3. The zero-order valence-electron chi connectivity index (χ0n) is 11.4. The van der Waals surface area contributed by atoms with E-state index in [0.717, 1.165) is 25.7 Å². The van der Waals surface area contributed by atoms with E-state index in [-0.39, 0.29) is 18.5 Å². The molecule has 100 valence electrons. The quantitative estimate of drug-likeness (QED) is 0.486. The molecular formula is C13H24O4. The number of hydrogen-bond acceptors (Lipinski definition) is 4. The number of esters is 2. The van der Waals surface area contributed by atoms with Crippen molar-refractivity contribution in [2.24, 2.45) is 0 Å². The predicted octanol–water partition coefficient (Wildman–Crippen LogP) is 2.84. The zero-order valence-corrected chi connectivity index (χ0v) is 11.4. The lowest BCUT2D eigenvalue weighted by Gasteiger charge is -2.28. The summed E-state index contributed by atoms with van der Waals surface area (Å²) in [5.74, 6) is -0.688. The number of hydrogen-bond donors (Lipinski definition) is 0. The highest BCUT2D eigenvalue weighted by atomic mass is 16.6. The van der Waals surface area contributed by atoms with Gasteiger partial charge in [0, 0.05) is 13.8 Å². The van der Waals surface area contributed by atoms with Gasteiger partial charge in [0.25, 0.3) is 0 Å². The van der Waals surface area contributed by atoms with Crippen LogP contribution < -0.4 is 0 Å². The highest BCUT2D eigenvalue weighted by molar-refractivity contribution is 5.67. The summed E-state index contributed by atoms with van der Waals surface area (Å²) < 4.78 is 10.2. The minimum Gasteiger partial charge on any atom is -0.462 e. The van der Waals surface area contributed by atoms with E-state index in [9.17, 15) is 9.59 Å². The standard InChI is InChI=1S/C13H24O4/c1-5-6-7-8-9-13(4,17-12(3)15)10-16-11(2)14/h5-10H2,1-4H3. The molecule has 0 aromatic rings. The highest BCUT2D eigenvalue weighted by Crippen LogP contribution is 2.21. The van der Waals surface area contributed by atoms with Crippen LogP contribution in [0.15, 0.2) is 0 Å². The summed E-state index contributed by atoms with van der Waals surface area (Å²) in [6.45, 7) is 6.81. The molecule has 4 nitrogen and oxygen atoms in total. The molecule has 0 radical (unpaired) electrons. The van der Waals surface area contributed by atoms with Crippen molar-refractivity contribution >= 4 is 11.9 Å². The van der Waals surface area contributed by atoms with E-state index in [2.05, 4.69) is 6.92 Å². The number of rotatable bonds is 8. The monoisotopic (exact) mass is 244 g/mol. The van der Waals surface area contributed by atoms with Crippen LogP contribution in [0, 0.1) is 0 Å². The van der Waals surface area contributed by atoms with Gasteiger partial charge in [0.05, 0.1) is 0 Å². The molecule has 0 fully saturated rings. The summed E-state index contributed by atoms with van der Waals surface area (Å²) in [5, 5.41) is 0. The van der Waals surface area contributed by atoms with Crippen LogP contribution in [0.2, 0.25) is 0 Å². The fraction of sp³-hybridized carbons (Fsp3) is 0.846. The second-order valence-electron chi connectivity index (χ2n) is 4.63. The molecule has 4 heteroatoms. The van der Waals surface area contributed by atoms with Gasteiger partial charge >= 0.3 is 11.9 Å². The Bertz CT molecular complexity index is 250. The van der Waals surface area contributed by atoms with E-state index in [1.165, 1.54) is 20.3 Å². The highest BCUT2D eigenvalue weighted by Gasteiger charge is 2.28. The number of carbonyl (C=O) groups excluding carboxylic acids is 2. The van der Waals surface area contributed by atoms with Crippen molar-refractivity contribution in [2.45, 2.75) is 65.4 Å². The fourth-order valence-electron chi connectivity index (χ4n) is 1.68. The van der Waals surface area contributed by atoms with Crippen LogP contribution in [0.1, 0.15) is 59.8 Å². The van der Waals surface area contributed by atoms with Gasteiger partial charge in [0.1, 0.15) is 12.2 Å². The van der Waals surface area contributed by atoms with E-state index >= 15 is 0 Å². The molecule has 0 rings (SSSR count). The van der Waals surface area contributed by atoms with Crippen molar-refractivity contribution < 1.29 is 19.1 Å². The summed E-state index contributed by atoms with van der Waals surface area (Å²) in [6.07, 6.45) is 5.13. The van der Waals surface area contributed by atoms with Gasteiger partial charge in [-0.1, -0.05) is 26.2 Å². The first kappa shape index (κ1) is 15.9. The molecule has 1 atom stereocenters. The molecule has 0 N–H and O–H groups in total. The second kappa shape index (κ2) is 8.09. The van der Waals surface area contributed by atoms with Crippen LogP contribution in [0.5, 0.6) is 0 Å². The van der Waals surface area contributed by atoms with Gasteiger partial charge in [-0.3, -0.25) is 9.59 Å². The Morgan fingerprint density at radius 1 is 1.06 bits per heavy atom. The number of carbonyl (C=O) groups is 2. The predicted molar refractivity (Wildman–Crippen MR) is 65.6 cm³/mol. The van der Waals surface area contributed by atoms with Gasteiger partial charge < -0.3 is 9.47 Å². The SMILES string of the molecule is CCCCCCC(C)(COC(C)=O)OC(C)=O. The normalized spacial score (nSPS) is 13.9. The van der Waals surface area contributed by atoms with Gasteiger partial charge in [-0.25, -0.2) is 0 Å². The lowest BCUT2D eigenvalue weighted by atomic mass is 9.98. The van der Waals surface area contributed by atoms with E-state index in [1.54, 1.807) is 0 Å². The van der Waals surface area contributed by atoms with Crippen LogP contribution in [0.25, 0.3) is 0 Å². The third kappa shape index (κ3) is 8.72. The Labute approximate surface area is 104 Å². The first-order chi connectivity index (χ1) is 7.89. The first-order valence-electron chi connectivity index (χ1n) is 6.22. The molecule has 0 spiro atoms. The molecule has 0 aromatic heterocycles. The molecule has 0 aromatic carbocycles. The molecule has 1 unspecified atom stereocenters. The second-order valence-corrected chi connectivity index (χ2v) is 4.63. The summed E-state index contributed by atoms with van der Waals surface area (Å²) in [6, 6.07) is 0. The lowest BCUT2D eigenvalue weighted by Crippen LogP contribution is -2.37. The molecule has 17 heavy (non-hydrogen) atoms. The molecule has 0 aliphatic rings. The average molecular weight is 244 g/mol. The molecule has 0 saturated carbocycles. The van der Waals surface area contributed by atoms with E-state index in [0.29, 0.717) is 0 Å². The Hall–Kier alpha value is -1.06. The Morgan fingerprint density at radius 3 is 2.18 bits per heavy atom. The molecule has 0 bridgehead atoms. The van der Waals surface area contributed by atoms with Crippen molar-refractivity contribution in [1.82, 2.24) is 0 Å². The maximum Gasteiger partial charge on any atom is 0.303 e. The third-order valence-corrected chi connectivity index (χ3v) is 2.53. The summed E-state index contributed by atoms with van der Waals surface area (Å²) >= 11 is 0. The van der Waals surface area contributed by atoms with Crippen LogP contribution in [0.3, 0.4) is 0 Å². The smallest absolute Gasteiger partial charge is 0.303 e. The fourth-order valence-corrected chi connectivity index (χ4v) is 1.68. The Balaban J connectivity index is 4.18. The Morgan fingerprint density at radius 2 is 1.71 bits per heavy atom. The van der Waals surface area contributed by atoms with Crippen LogP contribution >= 0.6 is 0 Å². The molecule has 0 aliphatic carbocycles. The number of unbranched alkanes of at least 4 members (excludes halogenated alkanes) is 3. The van der Waals surface area contributed by atoms with Gasteiger partial charge in [-0.15, -0.1) is 0 Å². The first-order valence-corrected chi connectivity index (χ1v) is 6.22. The average Bonchev–Trinajstić information content (AvgIpc) is 2.21.